The van der Waals surface area contributed by atoms with Crippen LogP contribution in [-0.2, 0) is 17.8 Å². The molecule has 36 heavy (non-hydrogen) atoms. The second kappa shape index (κ2) is 12.7. The Balaban J connectivity index is 1.51. The highest BCUT2D eigenvalue weighted by Crippen LogP contribution is 2.27. The van der Waals surface area contributed by atoms with Gasteiger partial charge in [-0.3, -0.25) is 9.59 Å². The number of anilines is 2. The molecule has 2 aromatic carbocycles. The average molecular weight is 507 g/mol. The van der Waals surface area contributed by atoms with E-state index in [4.69, 9.17) is 0 Å². The van der Waals surface area contributed by atoms with Crippen molar-refractivity contribution in [1.29, 1.82) is 0 Å². The van der Waals surface area contributed by atoms with Crippen molar-refractivity contribution in [3.63, 3.8) is 0 Å². The second-order valence-corrected chi connectivity index (χ2v) is 9.83. The summed E-state index contributed by atoms with van der Waals surface area (Å²) < 4.78 is 0. The van der Waals surface area contributed by atoms with E-state index in [0.29, 0.717) is 44.6 Å². The highest BCUT2D eigenvalue weighted by Gasteiger charge is 2.25. The van der Waals surface area contributed by atoms with Crippen LogP contribution in [0.15, 0.2) is 65.4 Å². The first-order valence-corrected chi connectivity index (χ1v) is 13.4. The predicted octanol–water partition coefficient (Wildman–Crippen LogP) is 3.80. The molecule has 3 aromatic rings. The Morgan fingerprint density at radius 2 is 1.97 bits per heavy atom. The minimum absolute atomic E-state index is 0.0732. The van der Waals surface area contributed by atoms with Crippen LogP contribution in [0.5, 0.6) is 0 Å². The van der Waals surface area contributed by atoms with E-state index < -0.39 is 12.1 Å². The molecule has 7 nitrogen and oxygen atoms in total. The van der Waals surface area contributed by atoms with E-state index in [2.05, 4.69) is 21.3 Å². The smallest absolute Gasteiger partial charge is 0.251 e. The number of benzene rings is 2. The van der Waals surface area contributed by atoms with Crippen LogP contribution in [0, 0.1) is 0 Å². The maximum Gasteiger partial charge on any atom is 0.251 e. The fraction of sp³-hybridized carbons (Fsp3) is 0.357. The van der Waals surface area contributed by atoms with Gasteiger partial charge in [0, 0.05) is 49.5 Å². The van der Waals surface area contributed by atoms with E-state index in [9.17, 15) is 14.7 Å². The van der Waals surface area contributed by atoms with Crippen LogP contribution in [0.4, 0.5) is 11.4 Å². The van der Waals surface area contributed by atoms with Crippen molar-refractivity contribution in [3.8, 4) is 0 Å². The highest BCUT2D eigenvalue weighted by molar-refractivity contribution is 7.07. The lowest BCUT2D eigenvalue weighted by Crippen LogP contribution is -2.48. The first kappa shape index (κ1) is 25.9. The SMILES string of the molecule is CCNc1cc(C(=O)NC(Cc2ccccc2)C(O)CNCc2ccsc2)cc(N2CCCC2=O)c1. The van der Waals surface area contributed by atoms with E-state index >= 15 is 0 Å². The summed E-state index contributed by atoms with van der Waals surface area (Å²) in [7, 11) is 0. The molecule has 0 bridgehead atoms. The standard InChI is InChI=1S/C28H34N4O3S/c1-2-30-23-14-22(15-24(16-23)32-11-6-9-27(32)34)28(35)31-25(13-20-7-4-3-5-8-20)26(33)18-29-17-21-10-12-36-19-21/h3-5,7-8,10,12,14-16,19,25-26,29-30,33H,2,6,9,11,13,17-18H2,1H3,(H,31,35). The van der Waals surface area contributed by atoms with Crippen LogP contribution in [-0.4, -0.2) is 48.7 Å². The lowest BCUT2D eigenvalue weighted by atomic mass is 10.00. The summed E-state index contributed by atoms with van der Waals surface area (Å²) >= 11 is 1.64. The Morgan fingerprint density at radius 1 is 1.14 bits per heavy atom. The normalized spacial score (nSPS) is 15.1. The third-order valence-electron chi connectivity index (χ3n) is 6.29. The lowest BCUT2D eigenvalue weighted by Gasteiger charge is -2.25. The molecule has 1 aliphatic heterocycles. The molecule has 2 amide bonds. The first-order valence-electron chi connectivity index (χ1n) is 12.5. The van der Waals surface area contributed by atoms with Gasteiger partial charge in [0.25, 0.3) is 5.91 Å². The number of rotatable bonds is 12. The topological polar surface area (TPSA) is 93.7 Å². The first-order chi connectivity index (χ1) is 17.5. The Bertz CT molecular complexity index is 1140. The van der Waals surface area contributed by atoms with E-state index in [-0.39, 0.29) is 11.8 Å². The van der Waals surface area contributed by atoms with Crippen LogP contribution >= 0.6 is 11.3 Å². The minimum Gasteiger partial charge on any atom is -0.390 e. The Hall–Kier alpha value is -3.20. The third-order valence-corrected chi connectivity index (χ3v) is 7.02. The number of hydrogen-bond donors (Lipinski definition) is 4. The van der Waals surface area contributed by atoms with Crippen molar-refractivity contribution < 1.29 is 14.7 Å². The summed E-state index contributed by atoms with van der Waals surface area (Å²) in [4.78, 5) is 27.5. The maximum absolute atomic E-state index is 13.4. The monoisotopic (exact) mass is 506 g/mol. The molecule has 2 heterocycles. The summed E-state index contributed by atoms with van der Waals surface area (Å²) in [6.45, 7) is 4.34. The molecule has 0 aliphatic carbocycles. The van der Waals surface area contributed by atoms with Crippen molar-refractivity contribution >= 4 is 34.5 Å². The van der Waals surface area contributed by atoms with Crippen LogP contribution in [0.25, 0.3) is 0 Å². The van der Waals surface area contributed by atoms with Crippen LogP contribution in [0.3, 0.4) is 0 Å². The molecule has 0 spiro atoms. The number of hydrogen-bond acceptors (Lipinski definition) is 6. The van der Waals surface area contributed by atoms with Crippen LogP contribution in [0.2, 0.25) is 0 Å². The van der Waals surface area contributed by atoms with Crippen molar-refractivity contribution in [2.75, 3.05) is 29.9 Å². The van der Waals surface area contributed by atoms with Gasteiger partial charge >= 0.3 is 0 Å². The van der Waals surface area contributed by atoms with E-state index in [0.717, 1.165) is 23.4 Å². The molecule has 0 saturated carbocycles. The molecule has 2 unspecified atom stereocenters. The van der Waals surface area contributed by atoms with E-state index in [1.807, 2.05) is 54.8 Å². The largest absolute Gasteiger partial charge is 0.390 e. The van der Waals surface area contributed by atoms with Crippen molar-refractivity contribution in [2.45, 2.75) is 44.9 Å². The van der Waals surface area contributed by atoms with E-state index in [1.165, 1.54) is 5.56 Å². The van der Waals surface area contributed by atoms with Gasteiger partial charge in [0.05, 0.1) is 12.1 Å². The number of carbonyl (C=O) groups is 2. The van der Waals surface area contributed by atoms with Gasteiger partial charge in [-0.15, -0.1) is 0 Å². The number of thiophene rings is 1. The third kappa shape index (κ3) is 6.94. The van der Waals surface area contributed by atoms with Gasteiger partial charge in [0.2, 0.25) is 5.91 Å². The molecule has 1 aromatic heterocycles. The summed E-state index contributed by atoms with van der Waals surface area (Å²) in [5.41, 5.74) is 4.17. The average Bonchev–Trinajstić information content (AvgIpc) is 3.56. The summed E-state index contributed by atoms with van der Waals surface area (Å²) in [5, 5.41) is 24.8. The molecule has 4 rings (SSSR count). The molecule has 0 radical (unpaired) electrons. The van der Waals surface area contributed by atoms with Gasteiger partial charge < -0.3 is 26.0 Å². The maximum atomic E-state index is 13.4. The molecule has 8 heteroatoms. The molecule has 190 valence electrons. The quantitative estimate of drug-likeness (QED) is 0.300. The van der Waals surface area contributed by atoms with Crippen LogP contribution in [0.1, 0.15) is 41.3 Å². The van der Waals surface area contributed by atoms with Gasteiger partial charge in [-0.2, -0.15) is 11.3 Å². The Kier molecular flexibility index (Phi) is 9.11. The minimum atomic E-state index is -0.788. The molecule has 1 fully saturated rings. The highest BCUT2D eigenvalue weighted by atomic mass is 32.1. The number of nitrogens with one attached hydrogen (secondary N) is 3. The summed E-state index contributed by atoms with van der Waals surface area (Å²) in [6.07, 6.45) is 1.05. The number of nitrogens with zero attached hydrogens (tertiary/aromatic N) is 1. The van der Waals surface area contributed by atoms with Gasteiger partial charge in [0.1, 0.15) is 0 Å². The van der Waals surface area contributed by atoms with Crippen molar-refractivity contribution in [3.05, 3.63) is 82.0 Å². The van der Waals surface area contributed by atoms with E-state index in [1.54, 1.807) is 28.4 Å². The van der Waals surface area contributed by atoms with Crippen LogP contribution < -0.4 is 20.9 Å². The zero-order valence-corrected chi connectivity index (χ0v) is 21.4. The van der Waals surface area contributed by atoms with Crippen molar-refractivity contribution in [1.82, 2.24) is 10.6 Å². The van der Waals surface area contributed by atoms with Gasteiger partial charge in [0.15, 0.2) is 0 Å². The van der Waals surface area contributed by atoms with Gasteiger partial charge in [-0.05, 0) is 65.9 Å². The summed E-state index contributed by atoms with van der Waals surface area (Å²) in [6, 6.07) is 16.9. The Labute approximate surface area is 216 Å². The zero-order valence-electron chi connectivity index (χ0n) is 20.6. The molecular weight excluding hydrogens is 472 g/mol. The zero-order chi connectivity index (χ0) is 25.3. The number of carbonyl (C=O) groups excluding carboxylic acids is 2. The fourth-order valence-electron chi connectivity index (χ4n) is 4.43. The molecule has 1 saturated heterocycles. The number of amides is 2. The summed E-state index contributed by atoms with van der Waals surface area (Å²) in [5.74, 6) is -0.204. The lowest BCUT2D eigenvalue weighted by molar-refractivity contribution is -0.117. The molecular formula is C28H34N4O3S. The fourth-order valence-corrected chi connectivity index (χ4v) is 5.10. The van der Waals surface area contributed by atoms with Gasteiger partial charge in [-0.1, -0.05) is 30.3 Å². The second-order valence-electron chi connectivity index (χ2n) is 9.05. The van der Waals surface area contributed by atoms with Crippen molar-refractivity contribution in [2.24, 2.45) is 0 Å². The number of aliphatic hydroxyl groups excluding tert-OH is 1. The molecule has 1 aliphatic rings. The number of aliphatic hydroxyl groups is 1. The van der Waals surface area contributed by atoms with Gasteiger partial charge in [-0.25, -0.2) is 0 Å². The predicted molar refractivity (Wildman–Crippen MR) is 146 cm³/mol. The molecule has 2 atom stereocenters. The molecule has 4 N–H and O–H groups in total. The Morgan fingerprint density at radius 3 is 2.67 bits per heavy atom.